The van der Waals surface area contributed by atoms with Crippen molar-refractivity contribution < 1.29 is 27.6 Å². The summed E-state index contributed by atoms with van der Waals surface area (Å²) in [7, 11) is 2.15. The van der Waals surface area contributed by atoms with Crippen LogP contribution in [-0.4, -0.2) is 97.8 Å². The fraction of sp³-hybridized carbons (Fsp3) is 0.867. The van der Waals surface area contributed by atoms with Crippen LogP contribution in [0.25, 0.3) is 0 Å². The van der Waals surface area contributed by atoms with E-state index in [4.69, 9.17) is 18.0 Å². The lowest BCUT2D eigenvalue weighted by molar-refractivity contribution is -0.144. The molecule has 0 unspecified atom stereocenters. The number of carbonyl (C=O) groups excluding carboxylic acids is 2. The van der Waals surface area contributed by atoms with E-state index in [0.717, 1.165) is 6.42 Å². The van der Waals surface area contributed by atoms with E-state index in [1.54, 1.807) is 33.2 Å². The summed E-state index contributed by atoms with van der Waals surface area (Å²) >= 11 is 0. The first-order chi connectivity index (χ1) is 12.0. The maximum atomic E-state index is 12.2. The van der Waals surface area contributed by atoms with Gasteiger partial charge in [-0.2, -0.15) is 0 Å². The Bertz CT molecular complexity index is 406. The van der Waals surface area contributed by atoms with Crippen molar-refractivity contribution in [1.29, 1.82) is 0 Å². The number of carbonyl (C=O) groups is 2. The van der Waals surface area contributed by atoms with Gasteiger partial charge in [0.05, 0.1) is 13.2 Å². The second-order valence-electron chi connectivity index (χ2n) is 5.70. The highest BCUT2D eigenvalue weighted by Gasteiger charge is 2.36. The average Bonchev–Trinajstić information content (AvgIpc) is 2.63. The molecule has 0 aliphatic carbocycles. The lowest BCUT2D eigenvalue weighted by atomic mass is 10.3. The Hall–Kier alpha value is -1.20. The average molecular weight is 378 g/mol. The quantitative estimate of drug-likeness (QED) is 0.329. The molecule has 1 rings (SSSR count). The van der Waals surface area contributed by atoms with Gasteiger partial charge in [0.25, 0.3) is 0 Å². The molecule has 1 aliphatic rings. The first kappa shape index (κ1) is 21.8. The van der Waals surface area contributed by atoms with E-state index in [1.165, 1.54) is 0 Å². The van der Waals surface area contributed by atoms with Crippen LogP contribution in [0.5, 0.6) is 0 Å². The maximum Gasteiger partial charge on any atom is 0.500 e. The van der Waals surface area contributed by atoms with Gasteiger partial charge in [0, 0.05) is 60.1 Å². The molecule has 25 heavy (non-hydrogen) atoms. The van der Waals surface area contributed by atoms with Crippen LogP contribution in [0.15, 0.2) is 0 Å². The summed E-state index contributed by atoms with van der Waals surface area (Å²) in [6, 6.07) is 0.555. The minimum absolute atomic E-state index is 0.0877. The second-order valence-corrected chi connectivity index (χ2v) is 8.79. The number of nitrogens with one attached hydrogen (secondary N) is 1. The molecule has 0 saturated carbocycles. The van der Waals surface area contributed by atoms with Crippen molar-refractivity contribution in [2.24, 2.45) is 0 Å². The molecular weight excluding hydrogens is 346 g/mol. The van der Waals surface area contributed by atoms with Gasteiger partial charge in [0.1, 0.15) is 0 Å². The zero-order valence-electron chi connectivity index (χ0n) is 15.7. The first-order valence-corrected chi connectivity index (χ1v) is 10.5. The smallest absolute Gasteiger partial charge is 0.465 e. The molecule has 146 valence electrons. The van der Waals surface area contributed by atoms with E-state index in [2.05, 4.69) is 5.32 Å². The van der Waals surface area contributed by atoms with Gasteiger partial charge in [-0.3, -0.25) is 9.69 Å². The molecule has 1 aliphatic heterocycles. The van der Waals surface area contributed by atoms with Gasteiger partial charge >= 0.3 is 20.8 Å². The van der Waals surface area contributed by atoms with Crippen molar-refractivity contribution in [1.82, 2.24) is 15.1 Å². The number of urea groups is 1. The van der Waals surface area contributed by atoms with Crippen LogP contribution in [-0.2, 0) is 22.8 Å². The number of piperazine rings is 1. The number of hydrogen-bond donors (Lipinski definition) is 1. The van der Waals surface area contributed by atoms with Crippen LogP contribution < -0.4 is 5.32 Å². The van der Waals surface area contributed by atoms with Crippen molar-refractivity contribution in [3.05, 3.63) is 0 Å². The standard InChI is InChI=1S/C15H31N3O6Si/c1-5-24-14(19)13-17-8-10-18(11-9-17)15(20)16-7-6-12-25(21-2,22-3)23-4/h5-13H2,1-4H3,(H,16,20). The predicted octanol–water partition coefficient (Wildman–Crippen LogP) is 0.145. The van der Waals surface area contributed by atoms with Crippen LogP contribution in [0.2, 0.25) is 6.04 Å². The van der Waals surface area contributed by atoms with Crippen molar-refractivity contribution in [3.63, 3.8) is 0 Å². The third-order valence-electron chi connectivity index (χ3n) is 4.19. The Balaban J connectivity index is 2.23. The molecule has 9 nitrogen and oxygen atoms in total. The molecule has 0 bridgehead atoms. The molecule has 0 radical (unpaired) electrons. The normalized spacial score (nSPS) is 15.9. The molecule has 1 saturated heterocycles. The van der Waals surface area contributed by atoms with Crippen molar-refractivity contribution in [3.8, 4) is 0 Å². The van der Waals surface area contributed by atoms with Crippen LogP contribution in [0, 0.1) is 0 Å². The van der Waals surface area contributed by atoms with E-state index >= 15 is 0 Å². The van der Waals surface area contributed by atoms with Gasteiger partial charge in [-0.1, -0.05) is 0 Å². The molecule has 2 amide bonds. The molecule has 0 aromatic rings. The van der Waals surface area contributed by atoms with E-state index in [0.29, 0.717) is 45.4 Å². The number of amides is 2. The van der Waals surface area contributed by atoms with Crippen LogP contribution in [0.1, 0.15) is 13.3 Å². The third kappa shape index (κ3) is 7.28. The SMILES string of the molecule is CCOC(=O)CN1CCN(C(=O)NCCC[Si](OC)(OC)OC)CC1. The Morgan fingerprint density at radius 3 is 2.16 bits per heavy atom. The molecule has 0 aromatic heterocycles. The predicted molar refractivity (Wildman–Crippen MR) is 94.2 cm³/mol. The number of esters is 1. The van der Waals surface area contributed by atoms with Crippen molar-refractivity contribution in [2.75, 3.05) is 67.2 Å². The first-order valence-electron chi connectivity index (χ1n) is 8.56. The molecule has 0 spiro atoms. The lowest BCUT2D eigenvalue weighted by Gasteiger charge is -2.34. The third-order valence-corrected chi connectivity index (χ3v) is 7.02. The van der Waals surface area contributed by atoms with Crippen LogP contribution >= 0.6 is 0 Å². The van der Waals surface area contributed by atoms with Gasteiger partial charge < -0.3 is 28.2 Å². The summed E-state index contributed by atoms with van der Waals surface area (Å²) in [4.78, 5) is 27.4. The van der Waals surface area contributed by atoms with E-state index < -0.39 is 8.80 Å². The van der Waals surface area contributed by atoms with Gasteiger partial charge in [0.15, 0.2) is 0 Å². The zero-order valence-corrected chi connectivity index (χ0v) is 16.7. The molecule has 0 aromatic carbocycles. The number of hydrogen-bond acceptors (Lipinski definition) is 7. The summed E-state index contributed by atoms with van der Waals surface area (Å²) in [5.41, 5.74) is 0. The molecular formula is C15H31N3O6Si. The largest absolute Gasteiger partial charge is 0.500 e. The summed E-state index contributed by atoms with van der Waals surface area (Å²) < 4.78 is 21.0. The van der Waals surface area contributed by atoms with Gasteiger partial charge in [-0.25, -0.2) is 4.79 Å². The highest BCUT2D eigenvalue weighted by atomic mass is 28.4. The minimum atomic E-state index is -2.58. The van der Waals surface area contributed by atoms with Gasteiger partial charge in [-0.15, -0.1) is 0 Å². The van der Waals surface area contributed by atoms with Gasteiger partial charge in [0.2, 0.25) is 0 Å². The van der Waals surface area contributed by atoms with E-state index in [1.807, 2.05) is 4.90 Å². The highest BCUT2D eigenvalue weighted by Crippen LogP contribution is 2.14. The monoisotopic (exact) mass is 377 g/mol. The summed E-state index contributed by atoms with van der Waals surface area (Å²) in [5, 5.41) is 2.91. The molecule has 1 fully saturated rings. The fourth-order valence-corrected chi connectivity index (χ4v) is 4.39. The lowest BCUT2D eigenvalue weighted by Crippen LogP contribution is -2.53. The molecule has 10 heteroatoms. The molecule has 1 N–H and O–H groups in total. The minimum Gasteiger partial charge on any atom is -0.465 e. The number of ether oxygens (including phenoxy) is 1. The summed E-state index contributed by atoms with van der Waals surface area (Å²) in [6.07, 6.45) is 0.719. The number of nitrogens with zero attached hydrogens (tertiary/aromatic N) is 2. The van der Waals surface area contributed by atoms with Crippen LogP contribution in [0.3, 0.4) is 0 Å². The fourth-order valence-electron chi connectivity index (χ4n) is 2.67. The highest BCUT2D eigenvalue weighted by molar-refractivity contribution is 6.60. The van der Waals surface area contributed by atoms with Gasteiger partial charge in [-0.05, 0) is 13.3 Å². The van der Waals surface area contributed by atoms with Crippen molar-refractivity contribution in [2.45, 2.75) is 19.4 Å². The topological polar surface area (TPSA) is 89.6 Å². The second kappa shape index (κ2) is 11.4. The maximum absolute atomic E-state index is 12.2. The van der Waals surface area contributed by atoms with E-state index in [-0.39, 0.29) is 18.5 Å². The summed E-state index contributed by atoms with van der Waals surface area (Å²) in [5.74, 6) is -0.220. The number of rotatable bonds is 10. The summed E-state index contributed by atoms with van der Waals surface area (Å²) in [6.45, 7) is 5.52. The van der Waals surface area contributed by atoms with Crippen LogP contribution in [0.4, 0.5) is 4.79 Å². The Morgan fingerprint density at radius 2 is 1.64 bits per heavy atom. The molecule has 1 heterocycles. The van der Waals surface area contributed by atoms with E-state index in [9.17, 15) is 9.59 Å². The Labute approximate surface area is 150 Å². The zero-order chi connectivity index (χ0) is 18.7. The molecule has 0 atom stereocenters. The Kier molecular flexibility index (Phi) is 9.98. The van der Waals surface area contributed by atoms with Crippen molar-refractivity contribution >= 4 is 20.8 Å². The Morgan fingerprint density at radius 1 is 1.04 bits per heavy atom.